The van der Waals surface area contributed by atoms with Crippen LogP contribution in [0.25, 0.3) is 0 Å². The number of hydrogen-bond donors (Lipinski definition) is 3. The number of sulfonamides is 1. The van der Waals surface area contributed by atoms with Crippen LogP contribution >= 0.6 is 0 Å². The van der Waals surface area contributed by atoms with Gasteiger partial charge in [-0.15, -0.1) is 0 Å². The van der Waals surface area contributed by atoms with Crippen molar-refractivity contribution in [3.05, 3.63) is 59.7 Å². The fourth-order valence-electron chi connectivity index (χ4n) is 4.19. The van der Waals surface area contributed by atoms with Gasteiger partial charge in [0.2, 0.25) is 5.91 Å². The SMILES string of the molecule is O=C(NC1CCCCC1)NS(=O)(=O)c1cccc(CC(=O)N2CNC(=O)c3ccccc32)c1. The second-order valence-corrected chi connectivity index (χ2v) is 9.92. The normalized spacial score (nSPS) is 16.5. The van der Waals surface area contributed by atoms with Crippen molar-refractivity contribution >= 4 is 33.6 Å². The summed E-state index contributed by atoms with van der Waals surface area (Å²) < 4.78 is 27.5. The monoisotopic (exact) mass is 470 g/mol. The lowest BCUT2D eigenvalue weighted by Crippen LogP contribution is -2.47. The quantitative estimate of drug-likeness (QED) is 0.618. The van der Waals surface area contributed by atoms with Gasteiger partial charge in [-0.1, -0.05) is 43.5 Å². The molecule has 4 rings (SSSR count). The van der Waals surface area contributed by atoms with Crippen LogP contribution in [0.2, 0.25) is 0 Å². The molecule has 1 saturated carbocycles. The topological polar surface area (TPSA) is 125 Å². The van der Waals surface area contributed by atoms with Crippen molar-refractivity contribution in [1.82, 2.24) is 15.4 Å². The third-order valence-corrected chi connectivity index (χ3v) is 7.20. The van der Waals surface area contributed by atoms with Crippen LogP contribution in [-0.2, 0) is 21.2 Å². The van der Waals surface area contributed by atoms with E-state index < -0.39 is 16.1 Å². The van der Waals surface area contributed by atoms with Crippen LogP contribution in [0.15, 0.2) is 53.4 Å². The number of para-hydroxylation sites is 1. The van der Waals surface area contributed by atoms with E-state index in [1.807, 2.05) is 0 Å². The summed E-state index contributed by atoms with van der Waals surface area (Å²) >= 11 is 0. The second-order valence-electron chi connectivity index (χ2n) is 8.24. The predicted molar refractivity (Wildman–Crippen MR) is 122 cm³/mol. The molecule has 2 aromatic rings. The molecule has 1 fully saturated rings. The number of carbonyl (C=O) groups is 3. The zero-order chi connectivity index (χ0) is 23.4. The Labute approximate surface area is 192 Å². The van der Waals surface area contributed by atoms with Gasteiger partial charge in [-0.25, -0.2) is 17.9 Å². The number of benzene rings is 2. The number of nitrogens with one attached hydrogen (secondary N) is 3. The zero-order valence-corrected chi connectivity index (χ0v) is 18.9. The van der Waals surface area contributed by atoms with Gasteiger partial charge in [-0.2, -0.15) is 0 Å². The predicted octanol–water partition coefficient (Wildman–Crippen LogP) is 2.28. The lowest BCUT2D eigenvalue weighted by molar-refractivity contribution is -0.118. The Morgan fingerprint density at radius 3 is 2.58 bits per heavy atom. The Hall–Kier alpha value is -3.40. The molecule has 4 amide bonds. The maximum Gasteiger partial charge on any atom is 0.328 e. The molecule has 1 heterocycles. The van der Waals surface area contributed by atoms with Crippen LogP contribution in [0.5, 0.6) is 0 Å². The van der Waals surface area contributed by atoms with Gasteiger partial charge in [0.15, 0.2) is 0 Å². The van der Waals surface area contributed by atoms with Gasteiger partial charge in [0.25, 0.3) is 15.9 Å². The molecule has 0 spiro atoms. The van der Waals surface area contributed by atoms with E-state index in [1.54, 1.807) is 30.3 Å². The highest BCUT2D eigenvalue weighted by Crippen LogP contribution is 2.24. The molecule has 1 aliphatic carbocycles. The molecule has 3 N–H and O–H groups in total. The molecular weight excluding hydrogens is 444 g/mol. The Balaban J connectivity index is 1.44. The van der Waals surface area contributed by atoms with E-state index in [0.29, 0.717) is 16.8 Å². The molecule has 0 saturated heterocycles. The largest absolute Gasteiger partial charge is 0.335 e. The van der Waals surface area contributed by atoms with E-state index in [4.69, 9.17) is 0 Å². The van der Waals surface area contributed by atoms with Crippen molar-refractivity contribution in [1.29, 1.82) is 0 Å². The number of fused-ring (bicyclic) bond motifs is 1. The Morgan fingerprint density at radius 1 is 1.03 bits per heavy atom. The van der Waals surface area contributed by atoms with E-state index in [2.05, 4.69) is 15.4 Å². The Morgan fingerprint density at radius 2 is 1.79 bits per heavy atom. The van der Waals surface area contributed by atoms with Crippen LogP contribution in [0.4, 0.5) is 10.5 Å². The first-order valence-electron chi connectivity index (χ1n) is 10.9. The van der Waals surface area contributed by atoms with Crippen molar-refractivity contribution in [3.8, 4) is 0 Å². The molecule has 174 valence electrons. The molecule has 1 aliphatic heterocycles. The number of nitrogens with zero attached hydrogens (tertiary/aromatic N) is 1. The minimum Gasteiger partial charge on any atom is -0.335 e. The second kappa shape index (κ2) is 9.62. The summed E-state index contributed by atoms with van der Waals surface area (Å²) in [6.07, 6.45) is 4.76. The van der Waals surface area contributed by atoms with Crippen molar-refractivity contribution in [3.63, 3.8) is 0 Å². The van der Waals surface area contributed by atoms with E-state index in [-0.39, 0.29) is 35.8 Å². The summed E-state index contributed by atoms with van der Waals surface area (Å²) in [6, 6.07) is 12.0. The summed E-state index contributed by atoms with van der Waals surface area (Å²) in [5.74, 6) is -0.541. The smallest absolute Gasteiger partial charge is 0.328 e. The Kier molecular flexibility index (Phi) is 6.64. The number of rotatable bonds is 5. The maximum atomic E-state index is 12.9. The van der Waals surface area contributed by atoms with E-state index in [0.717, 1.165) is 32.1 Å². The highest BCUT2D eigenvalue weighted by Gasteiger charge is 2.27. The first kappa shape index (κ1) is 22.8. The number of urea groups is 1. The minimum absolute atomic E-state index is 0.0224. The van der Waals surface area contributed by atoms with Gasteiger partial charge < -0.3 is 10.6 Å². The van der Waals surface area contributed by atoms with Gasteiger partial charge in [0, 0.05) is 6.04 Å². The summed E-state index contributed by atoms with van der Waals surface area (Å²) in [5, 5.41) is 5.38. The standard InChI is InChI=1S/C23H26N4O5S/c28-21(27-15-24-22(29)19-11-4-5-12-20(19)27)14-16-7-6-10-18(13-16)33(31,32)26-23(30)25-17-8-2-1-3-9-17/h4-7,10-13,17H,1-3,8-9,14-15H2,(H,24,29)(H2,25,26,30). The van der Waals surface area contributed by atoms with Crippen molar-refractivity contribution in [2.75, 3.05) is 11.6 Å². The average Bonchev–Trinajstić information content (AvgIpc) is 2.80. The molecule has 2 aliphatic rings. The first-order chi connectivity index (χ1) is 15.8. The number of hydrogen-bond acceptors (Lipinski definition) is 5. The number of amides is 4. The molecule has 10 heteroatoms. The molecule has 0 aromatic heterocycles. The van der Waals surface area contributed by atoms with Crippen LogP contribution in [0, 0.1) is 0 Å². The molecule has 0 radical (unpaired) electrons. The van der Waals surface area contributed by atoms with Gasteiger partial charge in [0.1, 0.15) is 0 Å². The Bertz CT molecular complexity index is 1170. The van der Waals surface area contributed by atoms with E-state index >= 15 is 0 Å². The van der Waals surface area contributed by atoms with E-state index in [1.165, 1.54) is 23.1 Å². The van der Waals surface area contributed by atoms with Crippen LogP contribution < -0.4 is 20.3 Å². The molecule has 2 aromatic carbocycles. The van der Waals surface area contributed by atoms with E-state index in [9.17, 15) is 22.8 Å². The fraction of sp³-hybridized carbons (Fsp3) is 0.348. The van der Waals surface area contributed by atoms with Crippen molar-refractivity contribution in [2.45, 2.75) is 49.5 Å². The first-order valence-corrected chi connectivity index (χ1v) is 12.4. The van der Waals surface area contributed by atoms with Crippen LogP contribution in [0.1, 0.15) is 48.0 Å². The van der Waals surface area contributed by atoms with Crippen LogP contribution in [0.3, 0.4) is 0 Å². The summed E-state index contributed by atoms with van der Waals surface area (Å²) in [7, 11) is -4.09. The molecule has 9 nitrogen and oxygen atoms in total. The molecule has 0 atom stereocenters. The summed E-state index contributed by atoms with van der Waals surface area (Å²) in [6.45, 7) is 0.0373. The van der Waals surface area contributed by atoms with Gasteiger partial charge in [-0.05, 0) is 42.7 Å². The highest BCUT2D eigenvalue weighted by atomic mass is 32.2. The molecule has 33 heavy (non-hydrogen) atoms. The average molecular weight is 471 g/mol. The lowest BCUT2D eigenvalue weighted by Gasteiger charge is -2.29. The van der Waals surface area contributed by atoms with Crippen molar-refractivity contribution in [2.24, 2.45) is 0 Å². The third kappa shape index (κ3) is 5.33. The maximum absolute atomic E-state index is 12.9. The fourth-order valence-corrected chi connectivity index (χ4v) is 5.18. The molecule has 0 bridgehead atoms. The lowest BCUT2D eigenvalue weighted by atomic mass is 9.96. The zero-order valence-electron chi connectivity index (χ0n) is 18.0. The van der Waals surface area contributed by atoms with Gasteiger partial charge in [-0.3, -0.25) is 14.5 Å². The number of carbonyl (C=O) groups excluding carboxylic acids is 3. The molecule has 0 unspecified atom stereocenters. The van der Waals surface area contributed by atoms with Gasteiger partial charge in [0.05, 0.1) is 29.2 Å². The summed E-state index contributed by atoms with van der Waals surface area (Å²) in [4.78, 5) is 38.5. The van der Waals surface area contributed by atoms with Crippen LogP contribution in [-0.4, -0.2) is 39.0 Å². The highest BCUT2D eigenvalue weighted by molar-refractivity contribution is 7.90. The number of anilines is 1. The third-order valence-electron chi connectivity index (χ3n) is 5.87. The van der Waals surface area contributed by atoms with Crippen molar-refractivity contribution < 1.29 is 22.8 Å². The van der Waals surface area contributed by atoms with Gasteiger partial charge >= 0.3 is 6.03 Å². The molecular formula is C23H26N4O5S. The minimum atomic E-state index is -4.09. The summed E-state index contributed by atoms with van der Waals surface area (Å²) in [5.41, 5.74) is 1.39.